The molecule has 2 heterocycles. The monoisotopic (exact) mass is 367 g/mol. The highest BCUT2D eigenvalue weighted by Gasteiger charge is 2.21. The predicted molar refractivity (Wildman–Crippen MR) is 94.1 cm³/mol. The van der Waals surface area contributed by atoms with Gasteiger partial charge in [-0.1, -0.05) is 0 Å². The van der Waals surface area contributed by atoms with Crippen LogP contribution >= 0.6 is 0 Å². The molecular weight excluding hydrogens is 346 g/mol. The maximum atomic E-state index is 11.8. The van der Waals surface area contributed by atoms with Gasteiger partial charge in [-0.3, -0.25) is 4.79 Å². The quantitative estimate of drug-likeness (QED) is 0.739. The molecule has 1 aliphatic rings. The van der Waals surface area contributed by atoms with Gasteiger partial charge >= 0.3 is 0 Å². The highest BCUT2D eigenvalue weighted by molar-refractivity contribution is 7.91. The van der Waals surface area contributed by atoms with Crippen molar-refractivity contribution >= 4 is 20.7 Å². The second kappa shape index (κ2) is 7.40. The normalized spacial score (nSPS) is 17.5. The zero-order chi connectivity index (χ0) is 17.9. The fourth-order valence-electron chi connectivity index (χ4n) is 2.79. The third kappa shape index (κ3) is 4.29. The van der Waals surface area contributed by atoms with Gasteiger partial charge in [0.2, 0.25) is 0 Å². The van der Waals surface area contributed by atoms with E-state index in [1.807, 2.05) is 0 Å². The zero-order valence-corrected chi connectivity index (χ0v) is 14.8. The van der Waals surface area contributed by atoms with Crippen LogP contribution in [-0.4, -0.2) is 68.1 Å². The van der Waals surface area contributed by atoms with Crippen molar-refractivity contribution in [3.8, 4) is 11.5 Å². The van der Waals surface area contributed by atoms with Gasteiger partial charge in [0, 0.05) is 25.7 Å². The van der Waals surface area contributed by atoms with Crippen LogP contribution in [0.1, 0.15) is 6.42 Å². The number of rotatable bonds is 6. The van der Waals surface area contributed by atoms with Crippen molar-refractivity contribution < 1.29 is 17.9 Å². The van der Waals surface area contributed by atoms with Crippen LogP contribution < -0.4 is 15.0 Å². The molecule has 1 N–H and O–H groups in total. The summed E-state index contributed by atoms with van der Waals surface area (Å²) < 4.78 is 33.9. The van der Waals surface area contributed by atoms with Gasteiger partial charge in [0.15, 0.2) is 21.3 Å². The summed E-state index contributed by atoms with van der Waals surface area (Å²) in [5.41, 5.74) is 0.315. The first kappa shape index (κ1) is 17.7. The third-order valence-electron chi connectivity index (χ3n) is 4.24. The molecule has 0 saturated carbocycles. The number of sulfone groups is 1. The summed E-state index contributed by atoms with van der Waals surface area (Å²) in [5.74, 6) is 1.48. The first-order valence-corrected chi connectivity index (χ1v) is 9.92. The van der Waals surface area contributed by atoms with E-state index >= 15 is 0 Å². The van der Waals surface area contributed by atoms with E-state index in [0.717, 1.165) is 13.0 Å². The van der Waals surface area contributed by atoms with Crippen LogP contribution in [0.2, 0.25) is 0 Å². The van der Waals surface area contributed by atoms with Gasteiger partial charge < -0.3 is 19.4 Å². The topological polar surface area (TPSA) is 102 Å². The molecular formula is C16H21N3O5S. The number of methoxy groups -OCH3 is 1. The number of H-pyrrole nitrogens is 1. The minimum absolute atomic E-state index is 0.227. The first-order valence-electron chi connectivity index (χ1n) is 8.09. The predicted octanol–water partition coefficient (Wildman–Crippen LogP) is 0.431. The molecule has 0 spiro atoms. The highest BCUT2D eigenvalue weighted by Crippen LogP contribution is 2.30. The lowest BCUT2D eigenvalue weighted by molar-refractivity contribution is 0.240. The minimum atomic E-state index is -2.85. The largest absolute Gasteiger partial charge is 0.493 e. The van der Waals surface area contributed by atoms with Crippen LogP contribution in [0.15, 0.2) is 23.3 Å². The van der Waals surface area contributed by atoms with Crippen molar-refractivity contribution in [1.29, 1.82) is 0 Å². The van der Waals surface area contributed by atoms with E-state index in [1.54, 1.807) is 12.1 Å². The number of ether oxygens (including phenoxy) is 2. The Morgan fingerprint density at radius 3 is 2.72 bits per heavy atom. The molecule has 0 unspecified atom stereocenters. The fourth-order valence-corrected chi connectivity index (χ4v) is 4.07. The summed E-state index contributed by atoms with van der Waals surface area (Å²) in [6.07, 6.45) is 2.12. The average molecular weight is 367 g/mol. The maximum absolute atomic E-state index is 11.8. The van der Waals surface area contributed by atoms with Crippen LogP contribution in [-0.2, 0) is 9.84 Å². The Hall–Kier alpha value is -2.13. The fraction of sp³-hybridized carbons (Fsp3) is 0.500. The second-order valence-corrected chi connectivity index (χ2v) is 8.25. The second-order valence-electron chi connectivity index (χ2n) is 5.95. The SMILES string of the molecule is COc1cc2c(=O)[nH]cnc2cc1OCCCN1CCS(=O)(=O)CC1. The smallest absolute Gasteiger partial charge is 0.258 e. The van der Waals surface area contributed by atoms with E-state index in [2.05, 4.69) is 14.9 Å². The standard InChI is InChI=1S/C16H21N3O5S/c1-23-14-9-12-13(17-11-18-16(12)20)10-15(14)24-6-2-3-19-4-7-25(21,22)8-5-19/h9-11H,2-8H2,1H3,(H,17,18,20). The van der Waals surface area contributed by atoms with Gasteiger partial charge in [-0.05, 0) is 12.5 Å². The van der Waals surface area contributed by atoms with Crippen molar-refractivity contribution in [3.63, 3.8) is 0 Å². The molecule has 1 fully saturated rings. The van der Waals surface area contributed by atoms with Crippen LogP contribution in [0.5, 0.6) is 11.5 Å². The van der Waals surface area contributed by atoms with Crippen LogP contribution in [0, 0.1) is 0 Å². The summed E-state index contributed by atoms with van der Waals surface area (Å²) >= 11 is 0. The molecule has 136 valence electrons. The van der Waals surface area contributed by atoms with E-state index in [0.29, 0.717) is 42.1 Å². The maximum Gasteiger partial charge on any atom is 0.258 e. The van der Waals surface area contributed by atoms with Crippen LogP contribution in [0.25, 0.3) is 10.9 Å². The van der Waals surface area contributed by atoms with Crippen molar-refractivity contribution in [2.45, 2.75) is 6.42 Å². The zero-order valence-electron chi connectivity index (χ0n) is 14.0. The molecule has 1 saturated heterocycles. The molecule has 2 aromatic rings. The van der Waals surface area contributed by atoms with Gasteiger partial charge in [0.05, 0.1) is 42.5 Å². The first-order chi connectivity index (χ1) is 12.0. The Kier molecular flexibility index (Phi) is 5.24. The number of nitrogens with one attached hydrogen (secondary N) is 1. The van der Waals surface area contributed by atoms with Gasteiger partial charge in [-0.2, -0.15) is 0 Å². The van der Waals surface area contributed by atoms with Crippen molar-refractivity contribution in [3.05, 3.63) is 28.8 Å². The van der Waals surface area contributed by atoms with E-state index in [9.17, 15) is 13.2 Å². The van der Waals surface area contributed by atoms with Gasteiger partial charge in [0.25, 0.3) is 5.56 Å². The molecule has 0 amide bonds. The van der Waals surface area contributed by atoms with E-state index in [4.69, 9.17) is 9.47 Å². The Bertz CT molecular complexity index is 896. The molecule has 0 bridgehead atoms. The molecule has 9 heteroatoms. The Balaban J connectivity index is 1.59. The summed E-state index contributed by atoms with van der Waals surface area (Å²) in [6, 6.07) is 3.31. The van der Waals surface area contributed by atoms with E-state index in [-0.39, 0.29) is 17.1 Å². The highest BCUT2D eigenvalue weighted by atomic mass is 32.2. The van der Waals surface area contributed by atoms with Gasteiger partial charge in [-0.25, -0.2) is 13.4 Å². The molecule has 25 heavy (non-hydrogen) atoms. The molecule has 1 aromatic carbocycles. The Morgan fingerprint density at radius 2 is 2.00 bits per heavy atom. The van der Waals surface area contributed by atoms with Crippen molar-refractivity contribution in [2.24, 2.45) is 0 Å². The number of hydrogen-bond donors (Lipinski definition) is 1. The number of aromatic amines is 1. The van der Waals surface area contributed by atoms with Crippen LogP contribution in [0.3, 0.4) is 0 Å². The number of hydrogen-bond acceptors (Lipinski definition) is 7. The lowest BCUT2D eigenvalue weighted by Gasteiger charge is -2.26. The molecule has 3 rings (SSSR count). The number of nitrogens with zero attached hydrogens (tertiary/aromatic N) is 2. The summed E-state index contributed by atoms with van der Waals surface area (Å²) in [7, 11) is -1.33. The summed E-state index contributed by atoms with van der Waals surface area (Å²) in [5, 5.41) is 0.446. The van der Waals surface area contributed by atoms with E-state index < -0.39 is 9.84 Å². The lowest BCUT2D eigenvalue weighted by atomic mass is 10.2. The number of benzene rings is 1. The van der Waals surface area contributed by atoms with Gasteiger partial charge in [0.1, 0.15) is 0 Å². The third-order valence-corrected chi connectivity index (χ3v) is 5.85. The molecule has 0 atom stereocenters. The van der Waals surface area contributed by atoms with Crippen LogP contribution in [0.4, 0.5) is 0 Å². The molecule has 0 radical (unpaired) electrons. The van der Waals surface area contributed by atoms with Crippen molar-refractivity contribution in [1.82, 2.24) is 14.9 Å². The minimum Gasteiger partial charge on any atom is -0.493 e. The number of aromatic nitrogens is 2. The molecule has 1 aromatic heterocycles. The summed E-state index contributed by atoms with van der Waals surface area (Å²) in [4.78, 5) is 20.6. The molecule has 1 aliphatic heterocycles. The molecule has 8 nitrogen and oxygen atoms in total. The summed E-state index contributed by atoms with van der Waals surface area (Å²) in [6.45, 7) is 2.40. The average Bonchev–Trinajstić information content (AvgIpc) is 2.59. The van der Waals surface area contributed by atoms with Crippen molar-refractivity contribution in [2.75, 3.05) is 44.9 Å². The van der Waals surface area contributed by atoms with Gasteiger partial charge in [-0.15, -0.1) is 0 Å². The lowest BCUT2D eigenvalue weighted by Crippen LogP contribution is -2.40. The number of fused-ring (bicyclic) bond motifs is 1. The Morgan fingerprint density at radius 1 is 1.24 bits per heavy atom. The van der Waals surface area contributed by atoms with E-state index in [1.165, 1.54) is 13.4 Å². The molecule has 0 aliphatic carbocycles. The Labute approximate surface area is 145 Å².